The molecule has 2 aromatic heterocycles. The quantitative estimate of drug-likeness (QED) is 0.765. The summed E-state index contributed by atoms with van der Waals surface area (Å²) in [6.07, 6.45) is 3.22. The van der Waals surface area contributed by atoms with Crippen LogP contribution in [0.1, 0.15) is 19.5 Å². The topological polar surface area (TPSA) is 100 Å². The lowest BCUT2D eigenvalue weighted by Gasteiger charge is -2.18. The number of anilines is 2. The summed E-state index contributed by atoms with van der Waals surface area (Å²) in [6, 6.07) is 3.59. The lowest BCUT2D eigenvalue weighted by Crippen LogP contribution is -2.28. The lowest BCUT2D eigenvalue weighted by atomic mass is 10.0. The Bertz CT molecular complexity index is 692. The molecule has 3 N–H and O–H groups in total. The predicted molar refractivity (Wildman–Crippen MR) is 77.6 cm³/mol. The van der Waals surface area contributed by atoms with Crippen LogP contribution in [-0.4, -0.2) is 32.5 Å². The van der Waals surface area contributed by atoms with Gasteiger partial charge in [-0.3, -0.25) is 9.78 Å². The number of aromatic nitrogens is 3. The average molecular weight is 285 g/mol. The van der Waals surface area contributed by atoms with Gasteiger partial charge in [-0.1, -0.05) is 0 Å². The van der Waals surface area contributed by atoms with Crippen molar-refractivity contribution < 1.29 is 9.90 Å². The van der Waals surface area contributed by atoms with E-state index in [0.717, 1.165) is 5.56 Å². The SMILES string of the molecule is CC(C)(O)c1ccc(-c2cnc3c(n2)NCC(=O)N3)cn1. The molecule has 0 unspecified atom stereocenters. The van der Waals surface area contributed by atoms with Gasteiger partial charge in [0.25, 0.3) is 0 Å². The summed E-state index contributed by atoms with van der Waals surface area (Å²) in [5, 5.41) is 15.4. The van der Waals surface area contributed by atoms with E-state index in [1.165, 1.54) is 0 Å². The fourth-order valence-electron chi connectivity index (χ4n) is 1.99. The third kappa shape index (κ3) is 2.68. The largest absolute Gasteiger partial charge is 0.384 e. The second kappa shape index (κ2) is 4.78. The highest BCUT2D eigenvalue weighted by atomic mass is 16.3. The molecule has 0 aliphatic carbocycles. The predicted octanol–water partition coefficient (Wildman–Crippen LogP) is 1.13. The van der Waals surface area contributed by atoms with Crippen molar-refractivity contribution in [3.8, 4) is 11.3 Å². The first kappa shape index (κ1) is 13.4. The molecule has 108 valence electrons. The third-order valence-corrected chi connectivity index (χ3v) is 3.13. The number of fused-ring (bicyclic) bond motifs is 1. The van der Waals surface area contributed by atoms with Crippen LogP contribution in [0.25, 0.3) is 11.3 Å². The molecule has 3 rings (SSSR count). The van der Waals surface area contributed by atoms with Crippen LogP contribution < -0.4 is 10.6 Å². The maximum absolute atomic E-state index is 11.2. The molecule has 0 aromatic carbocycles. The third-order valence-electron chi connectivity index (χ3n) is 3.13. The molecule has 1 amide bonds. The molecule has 1 aliphatic rings. The Labute approximate surface area is 121 Å². The Morgan fingerprint density at radius 1 is 1.19 bits per heavy atom. The molecule has 2 aromatic rings. The highest BCUT2D eigenvalue weighted by Gasteiger charge is 2.19. The van der Waals surface area contributed by atoms with E-state index >= 15 is 0 Å². The molecular formula is C14H15N5O2. The van der Waals surface area contributed by atoms with E-state index in [1.54, 1.807) is 32.3 Å². The van der Waals surface area contributed by atoms with Crippen molar-refractivity contribution in [1.29, 1.82) is 0 Å². The Balaban J connectivity index is 1.92. The van der Waals surface area contributed by atoms with Crippen LogP contribution in [0, 0.1) is 0 Å². The van der Waals surface area contributed by atoms with Crippen LogP contribution >= 0.6 is 0 Å². The number of carbonyl (C=O) groups excluding carboxylic acids is 1. The van der Waals surface area contributed by atoms with E-state index in [-0.39, 0.29) is 12.5 Å². The van der Waals surface area contributed by atoms with Gasteiger partial charge in [-0.25, -0.2) is 9.97 Å². The van der Waals surface area contributed by atoms with Crippen molar-refractivity contribution in [3.05, 3.63) is 30.2 Å². The van der Waals surface area contributed by atoms with Gasteiger partial charge in [-0.05, 0) is 26.0 Å². The normalized spacial score (nSPS) is 14.1. The highest BCUT2D eigenvalue weighted by Crippen LogP contribution is 2.25. The van der Waals surface area contributed by atoms with E-state index < -0.39 is 5.60 Å². The summed E-state index contributed by atoms with van der Waals surface area (Å²) in [5.41, 5.74) is 1.04. The Morgan fingerprint density at radius 3 is 2.67 bits per heavy atom. The van der Waals surface area contributed by atoms with Gasteiger partial charge in [0, 0.05) is 11.8 Å². The van der Waals surface area contributed by atoms with Gasteiger partial charge in [-0.15, -0.1) is 0 Å². The van der Waals surface area contributed by atoms with Gasteiger partial charge in [0.15, 0.2) is 11.6 Å². The molecule has 7 nitrogen and oxygen atoms in total. The Hall–Kier alpha value is -2.54. The average Bonchev–Trinajstić information content (AvgIpc) is 2.46. The standard InChI is InChI=1S/C14H15N5O2/c1-14(2,21)10-4-3-8(5-15-10)9-6-16-13-12(18-9)17-7-11(20)19-13/h3-6,21H,7H2,1-2H3,(H,17,18)(H,16,19,20). The molecule has 1 aliphatic heterocycles. The number of nitrogens with zero attached hydrogens (tertiary/aromatic N) is 3. The summed E-state index contributed by atoms with van der Waals surface area (Å²) in [5.74, 6) is 0.829. The summed E-state index contributed by atoms with van der Waals surface area (Å²) >= 11 is 0. The summed E-state index contributed by atoms with van der Waals surface area (Å²) in [7, 11) is 0. The molecule has 21 heavy (non-hydrogen) atoms. The zero-order valence-electron chi connectivity index (χ0n) is 11.7. The maximum atomic E-state index is 11.2. The smallest absolute Gasteiger partial charge is 0.244 e. The van der Waals surface area contributed by atoms with Crippen molar-refractivity contribution >= 4 is 17.5 Å². The first-order chi connectivity index (χ1) is 9.93. The lowest BCUT2D eigenvalue weighted by molar-refractivity contribution is -0.114. The van der Waals surface area contributed by atoms with Crippen LogP contribution in [0.3, 0.4) is 0 Å². The minimum Gasteiger partial charge on any atom is -0.384 e. The molecule has 0 saturated carbocycles. The monoisotopic (exact) mass is 285 g/mol. The summed E-state index contributed by atoms with van der Waals surface area (Å²) < 4.78 is 0. The molecule has 0 radical (unpaired) electrons. The summed E-state index contributed by atoms with van der Waals surface area (Å²) in [6.45, 7) is 3.54. The van der Waals surface area contributed by atoms with Crippen molar-refractivity contribution in [3.63, 3.8) is 0 Å². The number of nitrogens with one attached hydrogen (secondary N) is 2. The van der Waals surface area contributed by atoms with Crippen molar-refractivity contribution in [1.82, 2.24) is 15.0 Å². The Morgan fingerprint density at radius 2 is 2.00 bits per heavy atom. The molecule has 0 fully saturated rings. The maximum Gasteiger partial charge on any atom is 0.244 e. The molecule has 0 spiro atoms. The fraction of sp³-hybridized carbons (Fsp3) is 0.286. The minimum absolute atomic E-state index is 0.138. The molecule has 0 bridgehead atoms. The van der Waals surface area contributed by atoms with Crippen LogP contribution in [-0.2, 0) is 10.4 Å². The zero-order chi connectivity index (χ0) is 15.0. The number of aliphatic hydroxyl groups is 1. The van der Waals surface area contributed by atoms with E-state index in [2.05, 4.69) is 25.6 Å². The van der Waals surface area contributed by atoms with Gasteiger partial charge >= 0.3 is 0 Å². The number of carbonyl (C=O) groups is 1. The summed E-state index contributed by atoms with van der Waals surface area (Å²) in [4.78, 5) is 24.1. The van der Waals surface area contributed by atoms with E-state index in [0.29, 0.717) is 23.0 Å². The fourth-order valence-corrected chi connectivity index (χ4v) is 1.99. The van der Waals surface area contributed by atoms with Gasteiger partial charge in [0.1, 0.15) is 5.60 Å². The van der Waals surface area contributed by atoms with Crippen LogP contribution in [0.4, 0.5) is 11.6 Å². The molecular weight excluding hydrogens is 270 g/mol. The second-order valence-electron chi connectivity index (χ2n) is 5.35. The van der Waals surface area contributed by atoms with Gasteiger partial charge in [0.05, 0.1) is 24.1 Å². The molecule has 0 atom stereocenters. The van der Waals surface area contributed by atoms with Crippen molar-refractivity contribution in [2.24, 2.45) is 0 Å². The van der Waals surface area contributed by atoms with Gasteiger partial charge in [0.2, 0.25) is 5.91 Å². The number of amides is 1. The van der Waals surface area contributed by atoms with Gasteiger partial charge in [-0.2, -0.15) is 0 Å². The molecule has 0 saturated heterocycles. The number of hydrogen-bond donors (Lipinski definition) is 3. The number of pyridine rings is 1. The number of rotatable bonds is 2. The first-order valence-electron chi connectivity index (χ1n) is 6.53. The van der Waals surface area contributed by atoms with Gasteiger partial charge < -0.3 is 15.7 Å². The van der Waals surface area contributed by atoms with E-state index in [1.807, 2.05) is 6.07 Å². The Kier molecular flexibility index (Phi) is 3.06. The minimum atomic E-state index is -0.980. The molecule has 7 heteroatoms. The van der Waals surface area contributed by atoms with E-state index in [4.69, 9.17) is 0 Å². The number of hydrogen-bond acceptors (Lipinski definition) is 6. The van der Waals surface area contributed by atoms with Crippen LogP contribution in [0.5, 0.6) is 0 Å². The van der Waals surface area contributed by atoms with Crippen molar-refractivity contribution in [2.75, 3.05) is 17.2 Å². The van der Waals surface area contributed by atoms with Crippen molar-refractivity contribution in [2.45, 2.75) is 19.4 Å². The second-order valence-corrected chi connectivity index (χ2v) is 5.35. The van der Waals surface area contributed by atoms with E-state index in [9.17, 15) is 9.90 Å². The highest BCUT2D eigenvalue weighted by molar-refractivity contribution is 5.98. The van der Waals surface area contributed by atoms with Crippen LogP contribution in [0.15, 0.2) is 24.5 Å². The van der Waals surface area contributed by atoms with Crippen LogP contribution in [0.2, 0.25) is 0 Å². The molecule has 3 heterocycles. The first-order valence-corrected chi connectivity index (χ1v) is 6.53. The zero-order valence-corrected chi connectivity index (χ0v) is 11.7.